The lowest BCUT2D eigenvalue weighted by Gasteiger charge is -2.16. The van der Waals surface area contributed by atoms with Crippen molar-refractivity contribution in [1.82, 2.24) is 9.78 Å². The quantitative estimate of drug-likeness (QED) is 0.780. The second-order valence-corrected chi connectivity index (χ2v) is 5.82. The Morgan fingerprint density at radius 3 is 2.62 bits per heavy atom. The van der Waals surface area contributed by atoms with Crippen LogP contribution in [0.2, 0.25) is 0 Å². The third kappa shape index (κ3) is 2.77. The molecule has 4 heteroatoms. The summed E-state index contributed by atoms with van der Waals surface area (Å²) in [6, 6.07) is 17.6. The SMILES string of the molecule is Cc1ccc(Br)cc1C(O)c1ccnn1-c1ccccc1. The molecular weight excluding hydrogens is 328 g/mol. The summed E-state index contributed by atoms with van der Waals surface area (Å²) in [6.45, 7) is 1.99. The van der Waals surface area contributed by atoms with Crippen molar-refractivity contribution in [3.63, 3.8) is 0 Å². The molecule has 3 rings (SSSR count). The Labute approximate surface area is 132 Å². The van der Waals surface area contributed by atoms with E-state index in [1.165, 1.54) is 0 Å². The van der Waals surface area contributed by atoms with E-state index in [0.717, 1.165) is 27.0 Å². The van der Waals surface area contributed by atoms with Gasteiger partial charge in [-0.05, 0) is 48.4 Å². The predicted octanol–water partition coefficient (Wildman–Crippen LogP) is 4.02. The molecule has 0 spiro atoms. The van der Waals surface area contributed by atoms with Crippen molar-refractivity contribution in [2.75, 3.05) is 0 Å². The number of benzene rings is 2. The van der Waals surface area contributed by atoms with Gasteiger partial charge in [0.15, 0.2) is 0 Å². The van der Waals surface area contributed by atoms with Crippen LogP contribution >= 0.6 is 15.9 Å². The fraction of sp³-hybridized carbons (Fsp3) is 0.118. The van der Waals surface area contributed by atoms with Crippen LogP contribution in [0, 0.1) is 6.92 Å². The molecule has 1 unspecified atom stereocenters. The molecule has 0 saturated heterocycles. The lowest BCUT2D eigenvalue weighted by molar-refractivity contribution is 0.211. The van der Waals surface area contributed by atoms with E-state index >= 15 is 0 Å². The maximum absolute atomic E-state index is 10.7. The Hall–Kier alpha value is -1.91. The zero-order valence-electron chi connectivity index (χ0n) is 11.6. The first kappa shape index (κ1) is 14.0. The van der Waals surface area contributed by atoms with Crippen LogP contribution < -0.4 is 0 Å². The molecule has 0 fully saturated rings. The average Bonchev–Trinajstić information content (AvgIpc) is 2.99. The predicted molar refractivity (Wildman–Crippen MR) is 86.5 cm³/mol. The van der Waals surface area contributed by atoms with Gasteiger partial charge < -0.3 is 5.11 Å². The van der Waals surface area contributed by atoms with Crippen molar-refractivity contribution in [3.05, 3.63) is 82.1 Å². The van der Waals surface area contributed by atoms with E-state index in [0.29, 0.717) is 0 Å². The molecule has 0 radical (unpaired) electrons. The molecule has 0 saturated carbocycles. The molecule has 1 aromatic heterocycles. The summed E-state index contributed by atoms with van der Waals surface area (Å²) in [4.78, 5) is 0. The number of para-hydroxylation sites is 1. The number of aliphatic hydroxyl groups excluding tert-OH is 1. The number of hydrogen-bond acceptors (Lipinski definition) is 2. The number of nitrogens with zero attached hydrogens (tertiary/aromatic N) is 2. The number of aryl methyl sites for hydroxylation is 1. The highest BCUT2D eigenvalue weighted by Crippen LogP contribution is 2.28. The van der Waals surface area contributed by atoms with Gasteiger partial charge in [0.25, 0.3) is 0 Å². The Morgan fingerprint density at radius 1 is 1.10 bits per heavy atom. The second-order valence-electron chi connectivity index (χ2n) is 4.91. The van der Waals surface area contributed by atoms with Crippen LogP contribution in [0.1, 0.15) is 22.9 Å². The van der Waals surface area contributed by atoms with Crippen LogP contribution in [-0.4, -0.2) is 14.9 Å². The van der Waals surface area contributed by atoms with Crippen LogP contribution in [-0.2, 0) is 0 Å². The van der Waals surface area contributed by atoms with Crippen molar-refractivity contribution < 1.29 is 5.11 Å². The summed E-state index contributed by atoms with van der Waals surface area (Å²) in [5, 5.41) is 15.1. The zero-order chi connectivity index (χ0) is 14.8. The molecule has 1 N–H and O–H groups in total. The van der Waals surface area contributed by atoms with Gasteiger partial charge in [-0.3, -0.25) is 0 Å². The number of rotatable bonds is 3. The van der Waals surface area contributed by atoms with Gasteiger partial charge in [0.05, 0.1) is 11.4 Å². The van der Waals surface area contributed by atoms with Crippen molar-refractivity contribution >= 4 is 15.9 Å². The Bertz CT molecular complexity index is 752. The monoisotopic (exact) mass is 342 g/mol. The first-order valence-electron chi connectivity index (χ1n) is 6.70. The van der Waals surface area contributed by atoms with E-state index in [4.69, 9.17) is 0 Å². The first-order valence-corrected chi connectivity index (χ1v) is 7.49. The van der Waals surface area contributed by atoms with Gasteiger partial charge in [0.2, 0.25) is 0 Å². The van der Waals surface area contributed by atoms with Crippen LogP contribution in [0.4, 0.5) is 0 Å². The van der Waals surface area contributed by atoms with Crippen molar-refractivity contribution in [2.24, 2.45) is 0 Å². The van der Waals surface area contributed by atoms with E-state index < -0.39 is 6.10 Å². The lowest BCUT2D eigenvalue weighted by atomic mass is 10.0. The molecule has 0 bridgehead atoms. The van der Waals surface area contributed by atoms with Crippen LogP contribution in [0.15, 0.2) is 65.3 Å². The van der Waals surface area contributed by atoms with Gasteiger partial charge >= 0.3 is 0 Å². The molecule has 106 valence electrons. The largest absolute Gasteiger partial charge is 0.382 e. The summed E-state index contributed by atoms with van der Waals surface area (Å²) < 4.78 is 2.72. The van der Waals surface area contributed by atoms with Gasteiger partial charge in [-0.1, -0.05) is 40.2 Å². The number of aromatic nitrogens is 2. The molecule has 2 aromatic carbocycles. The molecule has 1 atom stereocenters. The average molecular weight is 343 g/mol. The molecule has 0 aliphatic heterocycles. The number of aliphatic hydroxyl groups is 1. The highest BCUT2D eigenvalue weighted by Gasteiger charge is 2.18. The number of halogens is 1. The topological polar surface area (TPSA) is 38.1 Å². The zero-order valence-corrected chi connectivity index (χ0v) is 13.2. The summed E-state index contributed by atoms with van der Waals surface area (Å²) >= 11 is 3.46. The van der Waals surface area contributed by atoms with E-state index in [9.17, 15) is 5.11 Å². The maximum Gasteiger partial charge on any atom is 0.121 e. The summed E-state index contributed by atoms with van der Waals surface area (Å²) in [5.41, 5.74) is 3.61. The van der Waals surface area contributed by atoms with Crippen molar-refractivity contribution in [3.8, 4) is 5.69 Å². The Balaban J connectivity index is 2.06. The van der Waals surface area contributed by atoms with Gasteiger partial charge in [-0.15, -0.1) is 0 Å². The minimum Gasteiger partial charge on any atom is -0.382 e. The van der Waals surface area contributed by atoms with E-state index in [-0.39, 0.29) is 0 Å². The van der Waals surface area contributed by atoms with Crippen LogP contribution in [0.25, 0.3) is 5.69 Å². The fourth-order valence-corrected chi connectivity index (χ4v) is 2.75. The van der Waals surface area contributed by atoms with Crippen molar-refractivity contribution in [1.29, 1.82) is 0 Å². The summed E-state index contributed by atoms with van der Waals surface area (Å²) in [7, 11) is 0. The summed E-state index contributed by atoms with van der Waals surface area (Å²) in [5.74, 6) is 0. The molecule has 0 amide bonds. The van der Waals surface area contributed by atoms with Gasteiger partial charge in [0, 0.05) is 10.7 Å². The van der Waals surface area contributed by atoms with E-state index in [2.05, 4.69) is 21.0 Å². The molecule has 0 aliphatic rings. The van der Waals surface area contributed by atoms with Crippen molar-refractivity contribution in [2.45, 2.75) is 13.0 Å². The third-order valence-electron chi connectivity index (χ3n) is 3.49. The van der Waals surface area contributed by atoms with Gasteiger partial charge in [-0.25, -0.2) is 4.68 Å². The standard InChI is InChI=1S/C17H15BrN2O/c1-12-7-8-13(18)11-15(12)17(21)16-9-10-19-20(16)14-5-3-2-4-6-14/h2-11,17,21H,1H3. The normalized spacial score (nSPS) is 12.3. The highest BCUT2D eigenvalue weighted by molar-refractivity contribution is 9.10. The minimum atomic E-state index is -0.717. The summed E-state index contributed by atoms with van der Waals surface area (Å²) in [6.07, 6.45) is 0.990. The smallest absolute Gasteiger partial charge is 0.121 e. The van der Waals surface area contributed by atoms with E-state index in [1.54, 1.807) is 10.9 Å². The fourth-order valence-electron chi connectivity index (χ4n) is 2.37. The Morgan fingerprint density at radius 2 is 1.86 bits per heavy atom. The lowest BCUT2D eigenvalue weighted by Crippen LogP contribution is -2.09. The molecule has 3 aromatic rings. The highest BCUT2D eigenvalue weighted by atomic mass is 79.9. The molecule has 3 nitrogen and oxygen atoms in total. The third-order valence-corrected chi connectivity index (χ3v) is 3.98. The van der Waals surface area contributed by atoms with Gasteiger partial charge in [0.1, 0.15) is 6.10 Å². The number of hydrogen-bond donors (Lipinski definition) is 1. The second kappa shape index (κ2) is 5.84. The van der Waals surface area contributed by atoms with Crippen LogP contribution in [0.5, 0.6) is 0 Å². The van der Waals surface area contributed by atoms with Gasteiger partial charge in [-0.2, -0.15) is 5.10 Å². The first-order chi connectivity index (χ1) is 10.2. The Kier molecular flexibility index (Phi) is 3.90. The minimum absolute atomic E-state index is 0.717. The maximum atomic E-state index is 10.7. The molecule has 1 heterocycles. The van der Waals surface area contributed by atoms with E-state index in [1.807, 2.05) is 61.5 Å². The molecular formula is C17H15BrN2O. The molecule has 0 aliphatic carbocycles. The molecule has 21 heavy (non-hydrogen) atoms. The van der Waals surface area contributed by atoms with Crippen LogP contribution in [0.3, 0.4) is 0 Å².